The Labute approximate surface area is 127 Å². The highest BCUT2D eigenvalue weighted by Gasteiger charge is 2.36. The SMILES string of the molecule is CC(C)(C(=O)N1CCNC(=O)C1)n1ccc2c(F)cccc21. The maximum absolute atomic E-state index is 13.8. The van der Waals surface area contributed by atoms with Crippen molar-refractivity contribution in [3.8, 4) is 0 Å². The van der Waals surface area contributed by atoms with Crippen molar-refractivity contribution in [3.63, 3.8) is 0 Å². The molecule has 5 nitrogen and oxygen atoms in total. The number of nitrogens with one attached hydrogen (secondary N) is 1. The van der Waals surface area contributed by atoms with Crippen molar-refractivity contribution < 1.29 is 14.0 Å². The average Bonchev–Trinajstić information content (AvgIpc) is 2.92. The van der Waals surface area contributed by atoms with Crippen molar-refractivity contribution in [3.05, 3.63) is 36.3 Å². The predicted octanol–water partition coefficient (Wildman–Crippen LogP) is 1.47. The summed E-state index contributed by atoms with van der Waals surface area (Å²) in [6.45, 7) is 4.58. The summed E-state index contributed by atoms with van der Waals surface area (Å²) in [6.07, 6.45) is 1.72. The van der Waals surface area contributed by atoms with E-state index in [1.54, 1.807) is 47.7 Å². The summed E-state index contributed by atoms with van der Waals surface area (Å²) in [5.74, 6) is -0.611. The van der Waals surface area contributed by atoms with Gasteiger partial charge in [0, 0.05) is 24.7 Å². The molecule has 1 aliphatic heterocycles. The van der Waals surface area contributed by atoms with Crippen molar-refractivity contribution in [2.45, 2.75) is 19.4 Å². The molecule has 0 radical (unpaired) electrons. The number of hydrogen-bond acceptors (Lipinski definition) is 2. The van der Waals surface area contributed by atoms with Gasteiger partial charge < -0.3 is 14.8 Å². The first-order valence-electron chi connectivity index (χ1n) is 7.23. The van der Waals surface area contributed by atoms with Crippen LogP contribution in [0.5, 0.6) is 0 Å². The van der Waals surface area contributed by atoms with E-state index in [4.69, 9.17) is 0 Å². The second-order valence-corrected chi connectivity index (χ2v) is 5.99. The van der Waals surface area contributed by atoms with Gasteiger partial charge in [-0.15, -0.1) is 0 Å². The van der Waals surface area contributed by atoms with Crippen LogP contribution in [0.3, 0.4) is 0 Å². The first kappa shape index (κ1) is 14.6. The summed E-state index contributed by atoms with van der Waals surface area (Å²) in [7, 11) is 0. The van der Waals surface area contributed by atoms with Gasteiger partial charge in [0.2, 0.25) is 11.8 Å². The van der Waals surface area contributed by atoms with Gasteiger partial charge in [-0.25, -0.2) is 4.39 Å². The lowest BCUT2D eigenvalue weighted by molar-refractivity contribution is -0.144. The van der Waals surface area contributed by atoms with Crippen LogP contribution in [0.1, 0.15) is 13.8 Å². The molecule has 1 aliphatic rings. The molecule has 2 amide bonds. The molecule has 116 valence electrons. The zero-order valence-corrected chi connectivity index (χ0v) is 12.6. The second-order valence-electron chi connectivity index (χ2n) is 5.99. The standard InChI is InChI=1S/C16H18FN3O2/c1-16(2,15(22)19-9-7-18-14(21)10-19)20-8-6-11-12(17)4-3-5-13(11)20/h3-6,8H,7,9-10H2,1-2H3,(H,18,21). The Morgan fingerprint density at radius 3 is 2.82 bits per heavy atom. The van der Waals surface area contributed by atoms with Crippen molar-refractivity contribution >= 4 is 22.7 Å². The summed E-state index contributed by atoms with van der Waals surface area (Å²) in [6, 6.07) is 6.48. The molecule has 3 rings (SSSR count). The van der Waals surface area contributed by atoms with Crippen LogP contribution in [0.2, 0.25) is 0 Å². The zero-order valence-electron chi connectivity index (χ0n) is 12.6. The van der Waals surface area contributed by atoms with Crippen LogP contribution in [0, 0.1) is 5.82 Å². The Balaban J connectivity index is 1.98. The van der Waals surface area contributed by atoms with Gasteiger partial charge in [-0.1, -0.05) is 6.07 Å². The highest BCUT2D eigenvalue weighted by atomic mass is 19.1. The van der Waals surface area contributed by atoms with E-state index >= 15 is 0 Å². The maximum Gasteiger partial charge on any atom is 0.248 e. The minimum atomic E-state index is -0.896. The topological polar surface area (TPSA) is 54.3 Å². The zero-order chi connectivity index (χ0) is 15.9. The number of carbonyl (C=O) groups is 2. The number of piperazine rings is 1. The molecule has 0 saturated carbocycles. The number of aromatic nitrogens is 1. The summed E-state index contributed by atoms with van der Waals surface area (Å²) < 4.78 is 15.6. The molecule has 1 saturated heterocycles. The monoisotopic (exact) mass is 303 g/mol. The third kappa shape index (κ3) is 2.24. The van der Waals surface area contributed by atoms with Crippen LogP contribution < -0.4 is 5.32 Å². The normalized spacial score (nSPS) is 16.0. The van der Waals surface area contributed by atoms with Gasteiger partial charge >= 0.3 is 0 Å². The Morgan fingerprint density at radius 1 is 1.32 bits per heavy atom. The van der Waals surface area contributed by atoms with Gasteiger partial charge in [-0.05, 0) is 32.0 Å². The van der Waals surface area contributed by atoms with Crippen LogP contribution in [0.15, 0.2) is 30.5 Å². The first-order chi connectivity index (χ1) is 10.4. The lowest BCUT2D eigenvalue weighted by Crippen LogP contribution is -2.55. The number of benzene rings is 1. The quantitative estimate of drug-likeness (QED) is 0.913. The van der Waals surface area contributed by atoms with Crippen LogP contribution in [-0.4, -0.2) is 40.9 Å². The van der Waals surface area contributed by atoms with Crippen molar-refractivity contribution in [2.75, 3.05) is 19.6 Å². The molecule has 22 heavy (non-hydrogen) atoms. The highest BCUT2D eigenvalue weighted by molar-refractivity contribution is 5.91. The summed E-state index contributed by atoms with van der Waals surface area (Å²) >= 11 is 0. The van der Waals surface area contributed by atoms with E-state index < -0.39 is 5.54 Å². The molecule has 0 spiro atoms. The first-order valence-corrected chi connectivity index (χ1v) is 7.23. The Bertz CT molecular complexity index is 751. The fraction of sp³-hybridized carbons (Fsp3) is 0.375. The van der Waals surface area contributed by atoms with E-state index in [0.717, 1.165) is 0 Å². The third-order valence-electron chi connectivity index (χ3n) is 4.13. The molecule has 2 aromatic rings. The number of carbonyl (C=O) groups excluding carboxylic acids is 2. The number of fused-ring (bicyclic) bond motifs is 1. The van der Waals surface area contributed by atoms with Gasteiger partial charge in [-0.3, -0.25) is 9.59 Å². The van der Waals surface area contributed by atoms with Crippen molar-refractivity contribution in [2.24, 2.45) is 0 Å². The van der Waals surface area contributed by atoms with Gasteiger partial charge in [0.15, 0.2) is 0 Å². The molecule has 6 heteroatoms. The van der Waals surface area contributed by atoms with Crippen molar-refractivity contribution in [1.82, 2.24) is 14.8 Å². The molecule has 1 N–H and O–H groups in total. The lowest BCUT2D eigenvalue weighted by atomic mass is 10.0. The second kappa shape index (κ2) is 5.12. The van der Waals surface area contributed by atoms with Crippen molar-refractivity contribution in [1.29, 1.82) is 0 Å². The highest BCUT2D eigenvalue weighted by Crippen LogP contribution is 2.27. The van der Waals surface area contributed by atoms with E-state index in [2.05, 4.69) is 5.32 Å². The van der Waals surface area contributed by atoms with Gasteiger partial charge in [0.1, 0.15) is 11.4 Å². The summed E-state index contributed by atoms with van der Waals surface area (Å²) in [5.41, 5.74) is -0.229. The van der Waals surface area contributed by atoms with Crippen LogP contribution >= 0.6 is 0 Å². The molecule has 1 aromatic carbocycles. The fourth-order valence-corrected chi connectivity index (χ4v) is 2.92. The molecule has 1 aromatic heterocycles. The maximum atomic E-state index is 13.8. The van der Waals surface area contributed by atoms with E-state index in [0.29, 0.717) is 24.0 Å². The van der Waals surface area contributed by atoms with Crippen LogP contribution in [-0.2, 0) is 15.1 Å². The Morgan fingerprint density at radius 2 is 2.09 bits per heavy atom. The van der Waals surface area contributed by atoms with Gasteiger partial charge in [0.05, 0.1) is 12.1 Å². The summed E-state index contributed by atoms with van der Waals surface area (Å²) in [5, 5.41) is 3.19. The van der Waals surface area contributed by atoms with Crippen LogP contribution in [0.4, 0.5) is 4.39 Å². The number of rotatable bonds is 2. The minimum Gasteiger partial charge on any atom is -0.353 e. The lowest BCUT2D eigenvalue weighted by Gasteiger charge is -2.35. The van der Waals surface area contributed by atoms with E-state index in [-0.39, 0.29) is 24.2 Å². The molecule has 0 atom stereocenters. The molecule has 0 aliphatic carbocycles. The molecule has 0 bridgehead atoms. The Hall–Kier alpha value is -2.37. The molecule has 2 heterocycles. The summed E-state index contributed by atoms with van der Waals surface area (Å²) in [4.78, 5) is 25.9. The minimum absolute atomic E-state index is 0.0653. The third-order valence-corrected chi connectivity index (χ3v) is 4.13. The number of nitrogens with zero attached hydrogens (tertiary/aromatic N) is 2. The van der Waals surface area contributed by atoms with E-state index in [9.17, 15) is 14.0 Å². The van der Waals surface area contributed by atoms with E-state index in [1.807, 2.05) is 0 Å². The fourth-order valence-electron chi connectivity index (χ4n) is 2.92. The molecule has 1 fully saturated rings. The number of halogens is 1. The molecule has 0 unspecified atom stereocenters. The molecular weight excluding hydrogens is 285 g/mol. The van der Waals surface area contributed by atoms with E-state index in [1.165, 1.54) is 6.07 Å². The smallest absolute Gasteiger partial charge is 0.248 e. The van der Waals surface area contributed by atoms with Gasteiger partial charge in [0.25, 0.3) is 0 Å². The predicted molar refractivity (Wildman–Crippen MR) is 80.8 cm³/mol. The number of amides is 2. The number of hydrogen-bond donors (Lipinski definition) is 1. The molecular formula is C16H18FN3O2. The average molecular weight is 303 g/mol. The van der Waals surface area contributed by atoms with Crippen LogP contribution in [0.25, 0.3) is 10.9 Å². The van der Waals surface area contributed by atoms with Gasteiger partial charge in [-0.2, -0.15) is 0 Å². The largest absolute Gasteiger partial charge is 0.353 e. The Kier molecular flexibility index (Phi) is 3.39.